The monoisotopic (exact) mass is 426 g/mol. The van der Waals surface area contributed by atoms with Gasteiger partial charge in [-0.3, -0.25) is 9.52 Å². The Morgan fingerprint density at radius 3 is 2.36 bits per heavy atom. The lowest BCUT2D eigenvalue weighted by molar-refractivity contribution is 0.356. The van der Waals surface area contributed by atoms with Gasteiger partial charge < -0.3 is 9.47 Å². The number of ether oxygens (including phenoxy) is 2. The van der Waals surface area contributed by atoms with Crippen LogP contribution in [-0.2, 0) is 16.6 Å². The van der Waals surface area contributed by atoms with Crippen molar-refractivity contribution in [1.82, 2.24) is 10.2 Å². The number of H-pyrrole nitrogens is 1. The molecular weight excluding hydrogens is 408 g/mol. The van der Waals surface area contributed by atoms with Crippen LogP contribution in [0.1, 0.15) is 11.3 Å². The molecule has 9 nitrogen and oxygen atoms in total. The van der Waals surface area contributed by atoms with Crippen LogP contribution in [0, 0.1) is 0 Å². The normalized spacial score (nSPS) is 11.0. The quantitative estimate of drug-likeness (QED) is 0.547. The van der Waals surface area contributed by atoms with Crippen LogP contribution in [0.15, 0.2) is 41.2 Å². The number of rotatable bonds is 6. The number of benzene rings is 2. The minimum absolute atomic E-state index is 0. The van der Waals surface area contributed by atoms with Gasteiger partial charge in [-0.25, -0.2) is 10.2 Å². The maximum atomic E-state index is 12.2. The molecular formula is C17H19ClN4O5S. The van der Waals surface area contributed by atoms with E-state index in [1.54, 1.807) is 30.3 Å². The number of aromatic amines is 1. The summed E-state index contributed by atoms with van der Waals surface area (Å²) in [5.41, 5.74) is 1.36. The molecule has 0 aliphatic carbocycles. The second-order valence-corrected chi connectivity index (χ2v) is 7.07. The van der Waals surface area contributed by atoms with E-state index in [-0.39, 0.29) is 18.0 Å². The van der Waals surface area contributed by atoms with Gasteiger partial charge in [0.15, 0.2) is 11.5 Å². The van der Waals surface area contributed by atoms with Gasteiger partial charge in [-0.1, -0.05) is 12.1 Å². The minimum atomic E-state index is -3.87. The van der Waals surface area contributed by atoms with Crippen LogP contribution in [0.5, 0.6) is 11.5 Å². The first kappa shape index (κ1) is 21.5. The van der Waals surface area contributed by atoms with Crippen molar-refractivity contribution < 1.29 is 17.9 Å². The van der Waals surface area contributed by atoms with Crippen LogP contribution in [0.4, 0.5) is 5.69 Å². The molecule has 0 saturated carbocycles. The Bertz CT molecular complexity index is 1160. The Hall–Kier alpha value is -2.82. The minimum Gasteiger partial charge on any atom is -0.493 e. The third-order valence-electron chi connectivity index (χ3n) is 3.93. The molecule has 11 heteroatoms. The molecule has 3 aromatic rings. The average Bonchev–Trinajstić information content (AvgIpc) is 2.62. The number of nitrogens with one attached hydrogen (secondary N) is 2. The lowest BCUT2D eigenvalue weighted by Crippen LogP contribution is -2.21. The summed E-state index contributed by atoms with van der Waals surface area (Å²) in [7, 11) is -0.871. The van der Waals surface area contributed by atoms with Crippen LogP contribution in [0.25, 0.3) is 10.8 Å². The first-order chi connectivity index (χ1) is 12.8. The lowest BCUT2D eigenvalue weighted by atomic mass is 10.0. The van der Waals surface area contributed by atoms with Gasteiger partial charge in [0, 0.05) is 11.8 Å². The highest BCUT2D eigenvalue weighted by molar-refractivity contribution is 7.90. The molecule has 0 fully saturated rings. The molecule has 150 valence electrons. The lowest BCUT2D eigenvalue weighted by Gasteiger charge is -2.11. The summed E-state index contributed by atoms with van der Waals surface area (Å²) in [4.78, 5) is 12.2. The van der Waals surface area contributed by atoms with Gasteiger partial charge >= 0.3 is 0 Å². The van der Waals surface area contributed by atoms with Gasteiger partial charge in [0.05, 0.1) is 31.0 Å². The van der Waals surface area contributed by atoms with Crippen LogP contribution < -0.4 is 24.9 Å². The topological polar surface area (TPSA) is 136 Å². The van der Waals surface area contributed by atoms with Crippen molar-refractivity contribution in [1.29, 1.82) is 0 Å². The van der Waals surface area contributed by atoms with E-state index in [1.165, 1.54) is 14.2 Å². The second kappa shape index (κ2) is 8.46. The maximum absolute atomic E-state index is 12.2. The number of aromatic nitrogens is 2. The summed E-state index contributed by atoms with van der Waals surface area (Å²) < 4.78 is 35.2. The first-order valence-electron chi connectivity index (χ1n) is 7.83. The molecule has 2 aromatic carbocycles. The third-order valence-corrected chi connectivity index (χ3v) is 4.45. The van der Waals surface area contributed by atoms with Crippen molar-refractivity contribution in [3.8, 4) is 11.5 Å². The summed E-state index contributed by atoms with van der Waals surface area (Å²) in [6.45, 7) is 0. The molecule has 4 N–H and O–H groups in total. The number of nitrogens with zero attached hydrogens (tertiary/aromatic N) is 1. The predicted octanol–water partition coefficient (Wildman–Crippen LogP) is 1.57. The van der Waals surface area contributed by atoms with E-state index in [1.807, 2.05) is 6.07 Å². The zero-order valence-electron chi connectivity index (χ0n) is 15.1. The van der Waals surface area contributed by atoms with Gasteiger partial charge in [-0.05, 0) is 29.8 Å². The molecule has 0 unspecified atom stereocenters. The number of hydrogen-bond acceptors (Lipinski definition) is 6. The fourth-order valence-electron chi connectivity index (χ4n) is 2.78. The second-order valence-electron chi connectivity index (χ2n) is 5.78. The molecule has 0 radical (unpaired) electrons. The smallest absolute Gasteiger partial charge is 0.296 e. The molecule has 1 heterocycles. The van der Waals surface area contributed by atoms with E-state index in [2.05, 4.69) is 14.9 Å². The van der Waals surface area contributed by atoms with Gasteiger partial charge in [-0.2, -0.15) is 13.5 Å². The van der Waals surface area contributed by atoms with Crippen molar-refractivity contribution in [2.24, 2.45) is 5.14 Å². The van der Waals surface area contributed by atoms with Crippen molar-refractivity contribution in [3.05, 3.63) is 58.0 Å². The number of methoxy groups -OCH3 is 2. The maximum Gasteiger partial charge on any atom is 0.296 e. The van der Waals surface area contributed by atoms with E-state index in [9.17, 15) is 13.2 Å². The van der Waals surface area contributed by atoms with E-state index in [0.717, 1.165) is 5.56 Å². The van der Waals surface area contributed by atoms with Gasteiger partial charge in [0.25, 0.3) is 15.8 Å². The Kier molecular flexibility index (Phi) is 6.49. The zero-order valence-corrected chi connectivity index (χ0v) is 16.7. The standard InChI is InChI=1S/C17H18N4O5S.ClH/c1-25-15-8-12-13(9-16(15)26-2)17(22)20-19-14(12)7-10-4-3-5-11(6-10)21-27(18,23)24;/h3-6,8-9,21H,7H2,1-2H3,(H,20,22)(H2,18,23,24);1H. The van der Waals surface area contributed by atoms with E-state index >= 15 is 0 Å². The van der Waals surface area contributed by atoms with Crippen LogP contribution >= 0.6 is 12.4 Å². The molecule has 0 aliphatic rings. The van der Waals surface area contributed by atoms with Crippen molar-refractivity contribution in [2.45, 2.75) is 6.42 Å². The Balaban J connectivity index is 0.00000280. The van der Waals surface area contributed by atoms with E-state index < -0.39 is 10.2 Å². The molecule has 0 saturated heterocycles. The fourth-order valence-corrected chi connectivity index (χ4v) is 3.24. The van der Waals surface area contributed by atoms with Gasteiger partial charge in [0.2, 0.25) is 0 Å². The molecule has 0 atom stereocenters. The highest BCUT2D eigenvalue weighted by atomic mass is 35.5. The van der Waals surface area contributed by atoms with Crippen LogP contribution in [0.3, 0.4) is 0 Å². The third kappa shape index (κ3) is 4.71. The Morgan fingerprint density at radius 2 is 1.75 bits per heavy atom. The molecule has 3 rings (SSSR count). The summed E-state index contributed by atoms with van der Waals surface area (Å²) in [6.07, 6.45) is 0.350. The fraction of sp³-hybridized carbons (Fsp3) is 0.176. The number of anilines is 1. The van der Waals surface area contributed by atoms with E-state index in [0.29, 0.717) is 40.1 Å². The summed E-state index contributed by atoms with van der Waals surface area (Å²) >= 11 is 0. The number of halogens is 1. The number of fused-ring (bicyclic) bond motifs is 1. The van der Waals surface area contributed by atoms with Crippen LogP contribution in [0.2, 0.25) is 0 Å². The van der Waals surface area contributed by atoms with Crippen molar-refractivity contribution in [2.75, 3.05) is 18.9 Å². The molecule has 28 heavy (non-hydrogen) atoms. The number of hydrogen-bond donors (Lipinski definition) is 3. The average molecular weight is 427 g/mol. The largest absolute Gasteiger partial charge is 0.493 e. The number of nitrogens with two attached hydrogens (primary N) is 1. The van der Waals surface area contributed by atoms with Crippen LogP contribution in [-0.4, -0.2) is 32.8 Å². The van der Waals surface area contributed by atoms with E-state index in [4.69, 9.17) is 14.6 Å². The molecule has 0 aliphatic heterocycles. The Morgan fingerprint density at radius 1 is 1.11 bits per heavy atom. The van der Waals surface area contributed by atoms with Gasteiger partial charge in [0.1, 0.15) is 0 Å². The predicted molar refractivity (Wildman–Crippen MR) is 109 cm³/mol. The SMILES string of the molecule is COc1cc2c(Cc3cccc(NS(N)(=O)=O)c3)n[nH]c(=O)c2cc1OC.Cl. The summed E-state index contributed by atoms with van der Waals surface area (Å²) in [5.74, 6) is 0.912. The first-order valence-corrected chi connectivity index (χ1v) is 9.38. The summed E-state index contributed by atoms with van der Waals surface area (Å²) in [5, 5.41) is 12.6. The molecule has 0 bridgehead atoms. The summed E-state index contributed by atoms with van der Waals surface area (Å²) in [6, 6.07) is 10.0. The highest BCUT2D eigenvalue weighted by Crippen LogP contribution is 2.32. The Labute approximate surface area is 167 Å². The molecule has 0 amide bonds. The molecule has 1 aromatic heterocycles. The highest BCUT2D eigenvalue weighted by Gasteiger charge is 2.13. The van der Waals surface area contributed by atoms with Crippen molar-refractivity contribution in [3.63, 3.8) is 0 Å². The molecule has 0 spiro atoms. The van der Waals surface area contributed by atoms with Crippen molar-refractivity contribution >= 4 is 39.1 Å². The zero-order chi connectivity index (χ0) is 19.6. The van der Waals surface area contributed by atoms with Gasteiger partial charge in [-0.15, -0.1) is 12.4 Å².